The summed E-state index contributed by atoms with van der Waals surface area (Å²) in [5.74, 6) is -0.244. The SMILES string of the molecule is Cc1c(C(=O)CC(C)(C)C)cccc1C(F)(F)F. The summed E-state index contributed by atoms with van der Waals surface area (Å²) in [6.07, 6.45) is -4.18. The molecule has 0 aliphatic rings. The quantitative estimate of drug-likeness (QED) is 0.707. The number of alkyl halides is 3. The lowest BCUT2D eigenvalue weighted by Gasteiger charge is -2.19. The highest BCUT2D eigenvalue weighted by atomic mass is 19.4. The second-order valence-electron chi connectivity index (χ2n) is 5.64. The molecule has 0 saturated carbocycles. The topological polar surface area (TPSA) is 17.1 Å². The van der Waals surface area contributed by atoms with Crippen LogP contribution in [0.15, 0.2) is 18.2 Å². The number of carbonyl (C=O) groups excluding carboxylic acids is 1. The largest absolute Gasteiger partial charge is 0.416 e. The van der Waals surface area contributed by atoms with E-state index in [2.05, 4.69) is 0 Å². The van der Waals surface area contributed by atoms with Crippen molar-refractivity contribution in [3.8, 4) is 0 Å². The molecule has 0 amide bonds. The fourth-order valence-electron chi connectivity index (χ4n) is 1.82. The third kappa shape index (κ3) is 3.59. The van der Waals surface area contributed by atoms with Crippen LogP contribution in [0.25, 0.3) is 0 Å². The van der Waals surface area contributed by atoms with E-state index in [0.29, 0.717) is 0 Å². The molecule has 0 unspecified atom stereocenters. The summed E-state index contributed by atoms with van der Waals surface area (Å²) < 4.78 is 38.2. The molecule has 1 aromatic rings. The van der Waals surface area contributed by atoms with Crippen LogP contribution in [-0.4, -0.2) is 5.78 Å². The van der Waals surface area contributed by atoms with Crippen molar-refractivity contribution in [2.24, 2.45) is 5.41 Å². The van der Waals surface area contributed by atoms with Crippen molar-refractivity contribution in [3.63, 3.8) is 0 Å². The Labute approximate surface area is 105 Å². The second kappa shape index (κ2) is 4.75. The number of hydrogen-bond donors (Lipinski definition) is 0. The monoisotopic (exact) mass is 258 g/mol. The molecule has 0 atom stereocenters. The van der Waals surface area contributed by atoms with Gasteiger partial charge in [-0.2, -0.15) is 13.2 Å². The number of Topliss-reactive ketones (excluding diaryl/α,β-unsaturated/α-hetero) is 1. The maximum atomic E-state index is 12.7. The smallest absolute Gasteiger partial charge is 0.294 e. The standard InChI is InChI=1S/C14H17F3O/c1-9-10(12(18)8-13(2,3)4)6-5-7-11(9)14(15,16)17/h5-7H,8H2,1-4H3. The molecule has 1 nitrogen and oxygen atoms in total. The molecule has 1 aromatic carbocycles. The van der Waals surface area contributed by atoms with Crippen LogP contribution in [0.2, 0.25) is 0 Å². The zero-order chi connectivity index (χ0) is 14.1. The average Bonchev–Trinajstić information content (AvgIpc) is 2.12. The van der Waals surface area contributed by atoms with E-state index in [4.69, 9.17) is 0 Å². The first-order valence-corrected chi connectivity index (χ1v) is 5.72. The Morgan fingerprint density at radius 3 is 2.17 bits per heavy atom. The third-order valence-corrected chi connectivity index (χ3v) is 2.63. The zero-order valence-corrected chi connectivity index (χ0v) is 11.0. The van der Waals surface area contributed by atoms with E-state index in [-0.39, 0.29) is 28.7 Å². The lowest BCUT2D eigenvalue weighted by atomic mass is 9.86. The Kier molecular flexibility index (Phi) is 3.89. The van der Waals surface area contributed by atoms with Gasteiger partial charge in [0, 0.05) is 12.0 Å². The summed E-state index contributed by atoms with van der Waals surface area (Å²) >= 11 is 0. The molecule has 0 aromatic heterocycles. The Hall–Kier alpha value is -1.32. The highest BCUT2D eigenvalue weighted by Gasteiger charge is 2.33. The van der Waals surface area contributed by atoms with Gasteiger partial charge in [0.1, 0.15) is 0 Å². The third-order valence-electron chi connectivity index (χ3n) is 2.63. The van der Waals surface area contributed by atoms with Crippen LogP contribution in [0.3, 0.4) is 0 Å². The summed E-state index contributed by atoms with van der Waals surface area (Å²) in [6.45, 7) is 6.99. The van der Waals surface area contributed by atoms with E-state index in [1.807, 2.05) is 20.8 Å². The molecule has 0 aliphatic carbocycles. The molecule has 0 heterocycles. The van der Waals surface area contributed by atoms with Crippen LogP contribution in [0.4, 0.5) is 13.2 Å². The van der Waals surface area contributed by atoms with Gasteiger partial charge in [-0.15, -0.1) is 0 Å². The van der Waals surface area contributed by atoms with E-state index in [1.54, 1.807) is 0 Å². The first-order chi connectivity index (χ1) is 8.02. The van der Waals surface area contributed by atoms with Crippen LogP contribution >= 0.6 is 0 Å². The molecule has 4 heteroatoms. The van der Waals surface area contributed by atoms with Gasteiger partial charge in [0.2, 0.25) is 0 Å². The van der Waals surface area contributed by atoms with Gasteiger partial charge in [-0.3, -0.25) is 4.79 Å². The van der Waals surface area contributed by atoms with Crippen molar-refractivity contribution in [1.29, 1.82) is 0 Å². The first-order valence-electron chi connectivity index (χ1n) is 5.72. The van der Waals surface area contributed by atoms with E-state index < -0.39 is 11.7 Å². The summed E-state index contributed by atoms with van der Waals surface area (Å²) in [5, 5.41) is 0. The molecule has 0 saturated heterocycles. The number of rotatable bonds is 2. The van der Waals surface area contributed by atoms with Crippen molar-refractivity contribution in [1.82, 2.24) is 0 Å². The fourth-order valence-corrected chi connectivity index (χ4v) is 1.82. The molecule has 0 aliphatic heterocycles. The van der Waals surface area contributed by atoms with E-state index in [1.165, 1.54) is 19.1 Å². The Bertz CT molecular complexity index is 453. The Balaban J connectivity index is 3.16. The van der Waals surface area contributed by atoms with Gasteiger partial charge in [0.15, 0.2) is 5.78 Å². The van der Waals surface area contributed by atoms with Crippen molar-refractivity contribution in [3.05, 3.63) is 34.9 Å². The van der Waals surface area contributed by atoms with Crippen molar-refractivity contribution in [2.45, 2.75) is 40.3 Å². The normalized spacial score (nSPS) is 12.6. The molecular formula is C14H17F3O. The van der Waals surface area contributed by atoms with Crippen LogP contribution in [0, 0.1) is 12.3 Å². The molecule has 0 N–H and O–H groups in total. The summed E-state index contributed by atoms with van der Waals surface area (Å²) in [4.78, 5) is 12.0. The number of hydrogen-bond acceptors (Lipinski definition) is 1. The second-order valence-corrected chi connectivity index (χ2v) is 5.64. The average molecular weight is 258 g/mol. The van der Waals surface area contributed by atoms with Crippen molar-refractivity contribution in [2.75, 3.05) is 0 Å². The highest BCUT2D eigenvalue weighted by Crippen LogP contribution is 2.34. The lowest BCUT2D eigenvalue weighted by molar-refractivity contribution is -0.138. The van der Waals surface area contributed by atoms with Gasteiger partial charge in [0.05, 0.1) is 5.56 Å². The van der Waals surface area contributed by atoms with Crippen LogP contribution in [-0.2, 0) is 6.18 Å². The molecule has 100 valence electrons. The van der Waals surface area contributed by atoms with E-state index >= 15 is 0 Å². The van der Waals surface area contributed by atoms with Gasteiger partial charge in [0.25, 0.3) is 0 Å². The minimum Gasteiger partial charge on any atom is -0.294 e. The molecule has 1 rings (SSSR count). The first kappa shape index (κ1) is 14.7. The molecule has 0 spiro atoms. The van der Waals surface area contributed by atoms with Gasteiger partial charge in [-0.1, -0.05) is 32.9 Å². The van der Waals surface area contributed by atoms with Crippen molar-refractivity contribution < 1.29 is 18.0 Å². The molecular weight excluding hydrogens is 241 g/mol. The number of ketones is 1. The minimum atomic E-state index is -4.41. The van der Waals surface area contributed by atoms with Crippen LogP contribution in [0.1, 0.15) is 48.7 Å². The predicted molar refractivity (Wildman–Crippen MR) is 64.6 cm³/mol. The van der Waals surface area contributed by atoms with E-state index in [9.17, 15) is 18.0 Å². The maximum Gasteiger partial charge on any atom is 0.416 e. The maximum absolute atomic E-state index is 12.7. The van der Waals surface area contributed by atoms with Crippen LogP contribution < -0.4 is 0 Å². The summed E-state index contributed by atoms with van der Waals surface area (Å²) in [5.41, 5.74) is -0.793. The lowest BCUT2D eigenvalue weighted by Crippen LogP contribution is -2.16. The number of halogens is 3. The molecule has 0 radical (unpaired) electrons. The van der Waals surface area contributed by atoms with Crippen LogP contribution in [0.5, 0.6) is 0 Å². The highest BCUT2D eigenvalue weighted by molar-refractivity contribution is 5.98. The Morgan fingerprint density at radius 2 is 1.72 bits per heavy atom. The van der Waals surface area contributed by atoms with Gasteiger partial charge < -0.3 is 0 Å². The molecule has 18 heavy (non-hydrogen) atoms. The minimum absolute atomic E-state index is 0.0132. The molecule has 0 fully saturated rings. The fraction of sp³-hybridized carbons (Fsp3) is 0.500. The van der Waals surface area contributed by atoms with E-state index in [0.717, 1.165) is 6.07 Å². The number of carbonyl (C=O) groups is 1. The summed E-state index contributed by atoms with van der Waals surface area (Å²) in [7, 11) is 0. The Morgan fingerprint density at radius 1 is 1.17 bits per heavy atom. The van der Waals surface area contributed by atoms with Gasteiger partial charge >= 0.3 is 6.18 Å². The number of benzene rings is 1. The van der Waals surface area contributed by atoms with Crippen molar-refractivity contribution >= 4 is 5.78 Å². The molecule has 0 bridgehead atoms. The van der Waals surface area contributed by atoms with Gasteiger partial charge in [-0.05, 0) is 24.0 Å². The zero-order valence-electron chi connectivity index (χ0n) is 11.0. The van der Waals surface area contributed by atoms with Gasteiger partial charge in [-0.25, -0.2) is 0 Å². The predicted octanol–water partition coefficient (Wildman–Crippen LogP) is 4.63. The summed E-state index contributed by atoms with van der Waals surface area (Å²) in [6, 6.07) is 3.74.